The molecule has 0 saturated heterocycles. The number of carbonyl (C=O) groups excluding carboxylic acids is 1. The van der Waals surface area contributed by atoms with Crippen LogP contribution in [0.3, 0.4) is 0 Å². The molecule has 3 heteroatoms. The van der Waals surface area contributed by atoms with Crippen molar-refractivity contribution in [3.05, 3.63) is 35.9 Å². The zero-order valence-electron chi connectivity index (χ0n) is 14.5. The van der Waals surface area contributed by atoms with Crippen molar-refractivity contribution in [2.24, 2.45) is 0 Å². The van der Waals surface area contributed by atoms with Crippen LogP contribution in [0.5, 0.6) is 11.5 Å². The van der Waals surface area contributed by atoms with Crippen LogP contribution in [0, 0.1) is 0 Å². The number of phenols is 1. The number of phenolic OH excluding ortho intramolecular Hbond substituents is 1. The van der Waals surface area contributed by atoms with Gasteiger partial charge in [0.2, 0.25) is 0 Å². The molecule has 0 unspecified atom stereocenters. The number of benzene rings is 1. The van der Waals surface area contributed by atoms with Gasteiger partial charge in [0.25, 0.3) is 0 Å². The molecular formula is C20H30O3. The molecule has 1 N–H and O–H groups in total. The van der Waals surface area contributed by atoms with Gasteiger partial charge in [0.15, 0.2) is 17.3 Å². The molecular weight excluding hydrogens is 288 g/mol. The van der Waals surface area contributed by atoms with E-state index in [0.717, 1.165) is 37.7 Å². The Kier molecular flexibility index (Phi) is 9.85. The molecule has 3 nitrogen and oxygen atoms in total. The van der Waals surface area contributed by atoms with E-state index in [-0.39, 0.29) is 11.5 Å². The van der Waals surface area contributed by atoms with Crippen molar-refractivity contribution in [2.75, 3.05) is 7.11 Å². The Morgan fingerprint density at radius 2 is 1.96 bits per heavy atom. The number of hydrogen-bond donors (Lipinski definition) is 1. The lowest BCUT2D eigenvalue weighted by molar-refractivity contribution is -0.114. The third-order valence-electron chi connectivity index (χ3n) is 3.91. The number of unbranched alkanes of at least 4 members (excludes halogenated alkanes) is 5. The topological polar surface area (TPSA) is 46.5 Å². The maximum Gasteiger partial charge on any atom is 0.160 e. The predicted octanol–water partition coefficient (Wildman–Crippen LogP) is 5.21. The van der Waals surface area contributed by atoms with E-state index in [4.69, 9.17) is 4.74 Å². The number of ketones is 1. The Morgan fingerprint density at radius 3 is 2.65 bits per heavy atom. The van der Waals surface area contributed by atoms with Crippen molar-refractivity contribution in [1.29, 1.82) is 0 Å². The first-order chi connectivity index (χ1) is 11.2. The maximum atomic E-state index is 11.7. The number of carbonyl (C=O) groups is 1. The normalized spacial score (nSPS) is 11.0. The number of aryl methyl sites for hydroxylation is 1. The van der Waals surface area contributed by atoms with Gasteiger partial charge in [-0.25, -0.2) is 0 Å². The first-order valence-electron chi connectivity index (χ1n) is 8.72. The monoisotopic (exact) mass is 318 g/mol. The van der Waals surface area contributed by atoms with Crippen molar-refractivity contribution < 1.29 is 14.6 Å². The summed E-state index contributed by atoms with van der Waals surface area (Å²) < 4.78 is 5.02. The minimum Gasteiger partial charge on any atom is -0.504 e. The molecule has 0 amide bonds. The van der Waals surface area contributed by atoms with Gasteiger partial charge in [-0.3, -0.25) is 4.79 Å². The van der Waals surface area contributed by atoms with Gasteiger partial charge in [0.1, 0.15) is 0 Å². The van der Waals surface area contributed by atoms with Gasteiger partial charge in [-0.05, 0) is 49.5 Å². The highest BCUT2D eigenvalue weighted by Gasteiger charge is 2.02. The largest absolute Gasteiger partial charge is 0.504 e. The molecule has 0 aliphatic rings. The predicted molar refractivity (Wildman–Crippen MR) is 95.1 cm³/mol. The minimum absolute atomic E-state index is 0.179. The summed E-state index contributed by atoms with van der Waals surface area (Å²) in [7, 11) is 1.54. The van der Waals surface area contributed by atoms with Gasteiger partial charge < -0.3 is 9.84 Å². The molecule has 1 aromatic rings. The summed E-state index contributed by atoms with van der Waals surface area (Å²) in [6.45, 7) is 2.20. The molecule has 0 aliphatic heterocycles. The van der Waals surface area contributed by atoms with Crippen LogP contribution in [-0.4, -0.2) is 18.0 Å². The number of aromatic hydroxyl groups is 1. The highest BCUT2D eigenvalue weighted by Crippen LogP contribution is 2.26. The fourth-order valence-electron chi connectivity index (χ4n) is 2.52. The number of hydrogen-bond acceptors (Lipinski definition) is 3. The first-order valence-corrected chi connectivity index (χ1v) is 8.72. The van der Waals surface area contributed by atoms with E-state index in [1.165, 1.54) is 19.3 Å². The molecule has 23 heavy (non-hydrogen) atoms. The van der Waals surface area contributed by atoms with E-state index in [0.29, 0.717) is 12.2 Å². The first kappa shape index (κ1) is 19.3. The second-order valence-electron chi connectivity index (χ2n) is 5.93. The lowest BCUT2D eigenvalue weighted by Gasteiger charge is -2.05. The molecule has 0 spiro atoms. The zero-order chi connectivity index (χ0) is 16.9. The van der Waals surface area contributed by atoms with Gasteiger partial charge in [0.05, 0.1) is 7.11 Å². The van der Waals surface area contributed by atoms with Crippen LogP contribution < -0.4 is 4.74 Å². The summed E-state index contributed by atoms with van der Waals surface area (Å²) in [4.78, 5) is 11.7. The van der Waals surface area contributed by atoms with Gasteiger partial charge in [0, 0.05) is 6.42 Å². The van der Waals surface area contributed by atoms with Gasteiger partial charge >= 0.3 is 0 Å². The summed E-state index contributed by atoms with van der Waals surface area (Å²) in [5.74, 6) is 0.917. The molecule has 0 heterocycles. The van der Waals surface area contributed by atoms with Crippen LogP contribution in [0.25, 0.3) is 0 Å². The van der Waals surface area contributed by atoms with Crippen molar-refractivity contribution in [3.8, 4) is 11.5 Å². The smallest absolute Gasteiger partial charge is 0.160 e. The molecule has 0 aromatic heterocycles. The molecule has 0 saturated carbocycles. The van der Waals surface area contributed by atoms with E-state index in [9.17, 15) is 9.90 Å². The number of methoxy groups -OCH3 is 1. The van der Waals surface area contributed by atoms with Crippen LogP contribution in [0.15, 0.2) is 30.4 Å². The molecule has 0 aliphatic carbocycles. The molecule has 1 rings (SSSR count). The average Bonchev–Trinajstić information content (AvgIpc) is 2.54. The van der Waals surface area contributed by atoms with Crippen molar-refractivity contribution in [1.82, 2.24) is 0 Å². The summed E-state index contributed by atoms with van der Waals surface area (Å²) in [5, 5.41) is 9.72. The van der Waals surface area contributed by atoms with Gasteiger partial charge in [-0.2, -0.15) is 0 Å². The van der Waals surface area contributed by atoms with Crippen LogP contribution in [0.1, 0.15) is 63.9 Å². The summed E-state index contributed by atoms with van der Waals surface area (Å²) in [6, 6.07) is 5.48. The summed E-state index contributed by atoms with van der Waals surface area (Å²) >= 11 is 0. The molecule has 1 aromatic carbocycles. The molecule has 0 fully saturated rings. The van der Waals surface area contributed by atoms with E-state index in [1.807, 2.05) is 12.1 Å². The van der Waals surface area contributed by atoms with E-state index >= 15 is 0 Å². The van der Waals surface area contributed by atoms with Crippen LogP contribution in [0.2, 0.25) is 0 Å². The number of allylic oxidation sites excluding steroid dienone is 2. The van der Waals surface area contributed by atoms with E-state index < -0.39 is 0 Å². The fraction of sp³-hybridized carbons (Fsp3) is 0.550. The Hall–Kier alpha value is -1.77. The summed E-state index contributed by atoms with van der Waals surface area (Å²) in [6.07, 6.45) is 13.0. The van der Waals surface area contributed by atoms with Crippen molar-refractivity contribution in [2.45, 2.75) is 64.7 Å². The standard InChI is InChI=1S/C20H30O3/c1-3-4-5-6-9-12-18(21)13-10-7-8-11-17-14-15-20(23-2)19(22)16-17/h10,13-16,22H,3-9,11-12H2,1-2H3. The van der Waals surface area contributed by atoms with Crippen LogP contribution in [-0.2, 0) is 11.2 Å². The Balaban J connectivity index is 2.16. The highest BCUT2D eigenvalue weighted by molar-refractivity contribution is 5.89. The third-order valence-corrected chi connectivity index (χ3v) is 3.91. The second kappa shape index (κ2) is 11.8. The minimum atomic E-state index is 0.179. The lowest BCUT2D eigenvalue weighted by Crippen LogP contribution is -1.92. The van der Waals surface area contributed by atoms with Crippen LogP contribution in [0.4, 0.5) is 0 Å². The van der Waals surface area contributed by atoms with Crippen LogP contribution >= 0.6 is 0 Å². The molecule has 0 radical (unpaired) electrons. The van der Waals surface area contributed by atoms with E-state index in [2.05, 4.69) is 6.92 Å². The fourth-order valence-corrected chi connectivity index (χ4v) is 2.52. The van der Waals surface area contributed by atoms with Crippen molar-refractivity contribution >= 4 is 5.78 Å². The molecule has 128 valence electrons. The zero-order valence-corrected chi connectivity index (χ0v) is 14.5. The van der Waals surface area contributed by atoms with E-state index in [1.54, 1.807) is 25.3 Å². The SMILES string of the molecule is CCCCCCCC(=O)C=CCCCc1ccc(OC)c(O)c1. The Bertz CT molecular complexity index is 492. The Morgan fingerprint density at radius 1 is 1.17 bits per heavy atom. The second-order valence-corrected chi connectivity index (χ2v) is 5.93. The summed E-state index contributed by atoms with van der Waals surface area (Å²) in [5.41, 5.74) is 1.08. The molecule has 0 atom stereocenters. The maximum absolute atomic E-state index is 11.7. The van der Waals surface area contributed by atoms with Gasteiger partial charge in [-0.15, -0.1) is 0 Å². The number of rotatable bonds is 12. The molecule has 0 bridgehead atoms. The quantitative estimate of drug-likeness (QED) is 0.425. The lowest BCUT2D eigenvalue weighted by atomic mass is 10.1. The van der Waals surface area contributed by atoms with Gasteiger partial charge in [-0.1, -0.05) is 44.7 Å². The van der Waals surface area contributed by atoms with Crippen molar-refractivity contribution in [3.63, 3.8) is 0 Å². The third kappa shape index (κ3) is 8.44. The highest BCUT2D eigenvalue weighted by atomic mass is 16.5. The number of ether oxygens (including phenoxy) is 1. The Labute approximate surface area is 140 Å². The average molecular weight is 318 g/mol.